The number of hydrogen-bond donors (Lipinski definition) is 1. The Labute approximate surface area is 126 Å². The minimum Gasteiger partial charge on any atom is -0.350 e. The molecule has 6 nitrogen and oxygen atoms in total. The van der Waals surface area contributed by atoms with Crippen molar-refractivity contribution in [1.29, 1.82) is 0 Å². The molecule has 1 amide bonds. The molecule has 110 valence electrons. The maximum atomic E-state index is 11.9. The van der Waals surface area contributed by atoms with Crippen LogP contribution in [0.25, 0.3) is 0 Å². The number of halogens is 1. The molecule has 2 rings (SSSR count). The third-order valence-corrected chi connectivity index (χ3v) is 3.14. The van der Waals surface area contributed by atoms with E-state index in [-0.39, 0.29) is 11.6 Å². The number of aryl methyl sites for hydroxylation is 2. The van der Waals surface area contributed by atoms with Gasteiger partial charge in [-0.3, -0.25) is 14.3 Å². The van der Waals surface area contributed by atoms with Gasteiger partial charge < -0.3 is 5.32 Å². The lowest BCUT2D eigenvalue weighted by molar-refractivity contribution is 0.0951. The van der Waals surface area contributed by atoms with Gasteiger partial charge in [-0.05, 0) is 26.0 Å². The van der Waals surface area contributed by atoms with E-state index in [1.54, 1.807) is 6.92 Å². The predicted octanol–water partition coefficient (Wildman–Crippen LogP) is 1.34. The Morgan fingerprint density at radius 1 is 1.33 bits per heavy atom. The van der Waals surface area contributed by atoms with Crippen LogP contribution in [0.5, 0.6) is 0 Å². The highest BCUT2D eigenvalue weighted by Gasteiger charge is 2.07. The van der Waals surface area contributed by atoms with E-state index in [0.717, 1.165) is 5.69 Å². The monoisotopic (exact) mass is 306 g/mol. The molecular weight excluding hydrogens is 292 g/mol. The average Bonchev–Trinajstić information content (AvgIpc) is 2.41. The second kappa shape index (κ2) is 6.49. The van der Waals surface area contributed by atoms with Gasteiger partial charge in [0.1, 0.15) is 0 Å². The Morgan fingerprint density at radius 3 is 2.76 bits per heavy atom. The molecule has 0 aliphatic carbocycles. The van der Waals surface area contributed by atoms with Crippen molar-refractivity contribution in [3.63, 3.8) is 0 Å². The number of nitrogens with zero attached hydrogens (tertiary/aromatic N) is 3. The van der Waals surface area contributed by atoms with Crippen molar-refractivity contribution >= 4 is 17.5 Å². The van der Waals surface area contributed by atoms with E-state index in [9.17, 15) is 9.59 Å². The van der Waals surface area contributed by atoms with Crippen LogP contribution in [0.1, 0.15) is 21.7 Å². The molecule has 0 aliphatic rings. The first-order valence-electron chi connectivity index (χ1n) is 6.41. The van der Waals surface area contributed by atoms with Crippen LogP contribution in [-0.4, -0.2) is 27.0 Å². The summed E-state index contributed by atoms with van der Waals surface area (Å²) in [6.07, 6.45) is 2.89. The molecule has 0 aromatic carbocycles. The van der Waals surface area contributed by atoms with Gasteiger partial charge >= 0.3 is 5.69 Å². The van der Waals surface area contributed by atoms with Crippen LogP contribution in [0.4, 0.5) is 0 Å². The SMILES string of the molecule is Cc1cc(C)n(CCNC(=O)c2cncc(Cl)c2)c(=O)n1. The van der Waals surface area contributed by atoms with Crippen molar-refractivity contribution < 1.29 is 4.79 Å². The van der Waals surface area contributed by atoms with Gasteiger partial charge in [-0.15, -0.1) is 0 Å². The molecular formula is C14H15ClN4O2. The van der Waals surface area contributed by atoms with Crippen LogP contribution < -0.4 is 11.0 Å². The fourth-order valence-corrected chi connectivity index (χ4v) is 2.14. The summed E-state index contributed by atoms with van der Waals surface area (Å²) < 4.78 is 1.52. The lowest BCUT2D eigenvalue weighted by atomic mass is 10.2. The fraction of sp³-hybridized carbons (Fsp3) is 0.286. The average molecular weight is 307 g/mol. The molecule has 0 radical (unpaired) electrons. The number of aromatic nitrogens is 3. The molecule has 7 heteroatoms. The number of nitrogens with one attached hydrogen (secondary N) is 1. The van der Waals surface area contributed by atoms with Gasteiger partial charge in [0.25, 0.3) is 5.91 Å². The Balaban J connectivity index is 1.99. The number of rotatable bonds is 4. The van der Waals surface area contributed by atoms with E-state index >= 15 is 0 Å². The number of hydrogen-bond acceptors (Lipinski definition) is 4. The highest BCUT2D eigenvalue weighted by Crippen LogP contribution is 2.08. The maximum Gasteiger partial charge on any atom is 0.348 e. The van der Waals surface area contributed by atoms with Gasteiger partial charge in [0.05, 0.1) is 10.6 Å². The second-order valence-electron chi connectivity index (χ2n) is 4.62. The molecule has 0 unspecified atom stereocenters. The molecule has 0 aliphatic heterocycles. The van der Waals surface area contributed by atoms with Crippen LogP contribution in [0.15, 0.2) is 29.3 Å². The molecule has 0 fully saturated rings. The summed E-state index contributed by atoms with van der Waals surface area (Å²) in [5, 5.41) is 3.12. The topological polar surface area (TPSA) is 76.9 Å². The zero-order valence-corrected chi connectivity index (χ0v) is 12.5. The molecule has 2 heterocycles. The van der Waals surface area contributed by atoms with Crippen molar-refractivity contribution in [2.75, 3.05) is 6.54 Å². The smallest absolute Gasteiger partial charge is 0.348 e. The Kier molecular flexibility index (Phi) is 4.70. The third kappa shape index (κ3) is 3.88. The van der Waals surface area contributed by atoms with Gasteiger partial charge in [-0.1, -0.05) is 11.6 Å². The molecule has 2 aromatic heterocycles. The van der Waals surface area contributed by atoms with E-state index < -0.39 is 0 Å². The number of carbonyl (C=O) groups is 1. The molecule has 0 bridgehead atoms. The van der Waals surface area contributed by atoms with Gasteiger partial charge in [0.2, 0.25) is 0 Å². The largest absolute Gasteiger partial charge is 0.350 e. The van der Waals surface area contributed by atoms with Crippen molar-refractivity contribution in [1.82, 2.24) is 19.9 Å². The summed E-state index contributed by atoms with van der Waals surface area (Å²) in [6, 6.07) is 3.36. The van der Waals surface area contributed by atoms with Crippen LogP contribution in [0, 0.1) is 13.8 Å². The van der Waals surface area contributed by atoms with Crippen molar-refractivity contribution in [2.24, 2.45) is 0 Å². The second-order valence-corrected chi connectivity index (χ2v) is 5.06. The van der Waals surface area contributed by atoms with Gasteiger partial charge in [-0.25, -0.2) is 4.79 Å². The molecule has 2 aromatic rings. The van der Waals surface area contributed by atoms with E-state index in [2.05, 4.69) is 15.3 Å². The number of carbonyl (C=O) groups excluding carboxylic acids is 1. The molecule has 21 heavy (non-hydrogen) atoms. The number of pyridine rings is 1. The normalized spacial score (nSPS) is 10.4. The van der Waals surface area contributed by atoms with Crippen LogP contribution in [0.2, 0.25) is 5.02 Å². The van der Waals surface area contributed by atoms with E-state index in [1.165, 1.54) is 23.0 Å². The third-order valence-electron chi connectivity index (χ3n) is 2.93. The van der Waals surface area contributed by atoms with Crippen molar-refractivity contribution in [3.05, 3.63) is 57.0 Å². The van der Waals surface area contributed by atoms with Gasteiger partial charge in [-0.2, -0.15) is 4.98 Å². The van der Waals surface area contributed by atoms with E-state index in [0.29, 0.717) is 29.4 Å². The fourth-order valence-electron chi connectivity index (χ4n) is 1.97. The zero-order chi connectivity index (χ0) is 15.4. The molecule has 0 saturated heterocycles. The Morgan fingerprint density at radius 2 is 2.10 bits per heavy atom. The van der Waals surface area contributed by atoms with Crippen molar-refractivity contribution in [3.8, 4) is 0 Å². The summed E-state index contributed by atoms with van der Waals surface area (Å²) in [4.78, 5) is 31.4. The lowest BCUT2D eigenvalue weighted by Crippen LogP contribution is -2.33. The summed E-state index contributed by atoms with van der Waals surface area (Å²) in [6.45, 7) is 4.28. The van der Waals surface area contributed by atoms with E-state index in [4.69, 9.17) is 11.6 Å². The molecule has 0 spiro atoms. The quantitative estimate of drug-likeness (QED) is 0.924. The van der Waals surface area contributed by atoms with E-state index in [1.807, 2.05) is 13.0 Å². The van der Waals surface area contributed by atoms with Gasteiger partial charge in [0, 0.05) is 36.9 Å². The first-order valence-corrected chi connectivity index (χ1v) is 6.79. The first kappa shape index (κ1) is 15.2. The summed E-state index contributed by atoms with van der Waals surface area (Å²) in [5.41, 5.74) is 1.56. The molecule has 0 atom stereocenters. The van der Waals surface area contributed by atoms with Crippen molar-refractivity contribution in [2.45, 2.75) is 20.4 Å². The maximum absolute atomic E-state index is 11.9. The summed E-state index contributed by atoms with van der Waals surface area (Å²) in [5.74, 6) is -0.282. The summed E-state index contributed by atoms with van der Waals surface area (Å²) >= 11 is 5.78. The molecule has 1 N–H and O–H groups in total. The van der Waals surface area contributed by atoms with Gasteiger partial charge in [0.15, 0.2) is 0 Å². The lowest BCUT2D eigenvalue weighted by Gasteiger charge is -2.10. The minimum absolute atomic E-state index is 0.282. The highest BCUT2D eigenvalue weighted by atomic mass is 35.5. The van der Waals surface area contributed by atoms with Crippen LogP contribution in [0.3, 0.4) is 0 Å². The Hall–Kier alpha value is -2.21. The number of amides is 1. The zero-order valence-electron chi connectivity index (χ0n) is 11.8. The first-order chi connectivity index (χ1) is 9.97. The highest BCUT2D eigenvalue weighted by molar-refractivity contribution is 6.30. The molecule has 0 saturated carbocycles. The van der Waals surface area contributed by atoms with Crippen LogP contribution >= 0.6 is 11.6 Å². The standard InChI is InChI=1S/C14H15ClN4O2/c1-9-5-10(2)19(14(21)18-9)4-3-17-13(20)11-6-12(15)8-16-7-11/h5-8H,3-4H2,1-2H3,(H,17,20). The predicted molar refractivity (Wildman–Crippen MR) is 79.6 cm³/mol. The van der Waals surface area contributed by atoms with Crippen LogP contribution in [-0.2, 0) is 6.54 Å². The minimum atomic E-state index is -0.314. The summed E-state index contributed by atoms with van der Waals surface area (Å²) in [7, 11) is 0. The Bertz CT molecular complexity index is 727.